The van der Waals surface area contributed by atoms with Gasteiger partial charge in [0.05, 0.1) is 12.2 Å². The molecule has 0 fully saturated rings. The van der Waals surface area contributed by atoms with Crippen LogP contribution in [0.3, 0.4) is 0 Å². The van der Waals surface area contributed by atoms with E-state index in [9.17, 15) is 9.18 Å². The maximum Gasteiger partial charge on any atom is 0.142 e. The average molecular weight is 510 g/mol. The third kappa shape index (κ3) is 6.04. The maximum absolute atomic E-state index is 15.5. The van der Waals surface area contributed by atoms with Gasteiger partial charge in [0.1, 0.15) is 23.6 Å². The average Bonchev–Trinajstić information content (AvgIpc) is 3.25. The Morgan fingerprint density at radius 1 is 1.14 bits per heavy atom. The summed E-state index contributed by atoms with van der Waals surface area (Å²) in [6, 6.07) is 7.38. The summed E-state index contributed by atoms with van der Waals surface area (Å²) in [5.74, 6) is -0.985. The van der Waals surface area contributed by atoms with Gasteiger partial charge in [0.2, 0.25) is 0 Å². The van der Waals surface area contributed by atoms with E-state index in [1.165, 1.54) is 38.1 Å². The molecule has 1 aliphatic rings. The summed E-state index contributed by atoms with van der Waals surface area (Å²) < 4.78 is 47.8. The lowest BCUT2D eigenvalue weighted by atomic mass is 9.82. The van der Waals surface area contributed by atoms with Crippen molar-refractivity contribution in [2.45, 2.75) is 65.3 Å². The van der Waals surface area contributed by atoms with Crippen LogP contribution in [0, 0.1) is 17.6 Å². The Morgan fingerprint density at radius 2 is 1.84 bits per heavy atom. The lowest BCUT2D eigenvalue weighted by Gasteiger charge is -2.44. The van der Waals surface area contributed by atoms with Gasteiger partial charge >= 0.3 is 0 Å². The normalized spacial score (nSPS) is 18.5. The standard InChI is InChI=1S/C30H34F3N3O/c1-19(2)16-35-17-24(15-34-35)22-8-9-25-23(14-22)11-20(3)36(18-30(4,5)33)29(25)28-26(31)12-21(7-6-10-37)13-27(28)32/h6-10,12-15,17,19-20,29H,11,16,18H2,1-5H3/b7-6+. The van der Waals surface area contributed by atoms with E-state index in [4.69, 9.17) is 0 Å². The molecule has 196 valence electrons. The Labute approximate surface area is 216 Å². The van der Waals surface area contributed by atoms with Gasteiger partial charge in [0, 0.05) is 36.5 Å². The van der Waals surface area contributed by atoms with Crippen LogP contribution in [0.15, 0.2) is 48.8 Å². The molecule has 2 heterocycles. The summed E-state index contributed by atoms with van der Waals surface area (Å²) in [6.07, 6.45) is 7.56. The fourth-order valence-electron chi connectivity index (χ4n) is 5.20. The molecule has 4 rings (SSSR count). The fraction of sp³-hybridized carbons (Fsp3) is 0.400. The van der Waals surface area contributed by atoms with Crippen molar-refractivity contribution in [1.29, 1.82) is 0 Å². The number of rotatable bonds is 8. The number of aromatic nitrogens is 2. The highest BCUT2D eigenvalue weighted by molar-refractivity contribution is 5.74. The van der Waals surface area contributed by atoms with Crippen LogP contribution in [-0.4, -0.2) is 39.2 Å². The minimum atomic E-state index is -1.56. The molecule has 0 saturated heterocycles. The van der Waals surface area contributed by atoms with E-state index in [1.807, 2.05) is 41.0 Å². The van der Waals surface area contributed by atoms with Crippen LogP contribution >= 0.6 is 0 Å². The van der Waals surface area contributed by atoms with Crippen molar-refractivity contribution in [2.24, 2.45) is 5.92 Å². The van der Waals surface area contributed by atoms with Crippen molar-refractivity contribution in [3.8, 4) is 11.1 Å². The molecule has 37 heavy (non-hydrogen) atoms. The molecule has 4 nitrogen and oxygen atoms in total. The molecule has 0 aliphatic carbocycles. The summed E-state index contributed by atoms with van der Waals surface area (Å²) in [5.41, 5.74) is 2.27. The lowest BCUT2D eigenvalue weighted by Crippen LogP contribution is -2.48. The second-order valence-electron chi connectivity index (χ2n) is 11.0. The molecule has 0 N–H and O–H groups in total. The van der Waals surface area contributed by atoms with Crippen LogP contribution < -0.4 is 0 Å². The highest BCUT2D eigenvalue weighted by Gasteiger charge is 2.39. The van der Waals surface area contributed by atoms with Gasteiger partial charge in [-0.15, -0.1) is 0 Å². The van der Waals surface area contributed by atoms with Crippen LogP contribution in [0.4, 0.5) is 13.2 Å². The van der Waals surface area contributed by atoms with Gasteiger partial charge in [-0.1, -0.05) is 38.1 Å². The molecule has 0 spiro atoms. The summed E-state index contributed by atoms with van der Waals surface area (Å²) in [6.45, 7) is 10.0. The highest BCUT2D eigenvalue weighted by Crippen LogP contribution is 2.42. The predicted molar refractivity (Wildman–Crippen MR) is 141 cm³/mol. The number of hydrogen-bond acceptors (Lipinski definition) is 3. The molecule has 2 aromatic carbocycles. The monoisotopic (exact) mass is 509 g/mol. The van der Waals surface area contributed by atoms with Crippen LogP contribution in [0.2, 0.25) is 0 Å². The number of alkyl halides is 1. The summed E-state index contributed by atoms with van der Waals surface area (Å²) in [5, 5.41) is 4.47. The van der Waals surface area contributed by atoms with Crippen LogP contribution in [0.1, 0.15) is 62.9 Å². The highest BCUT2D eigenvalue weighted by atomic mass is 19.1. The first-order valence-corrected chi connectivity index (χ1v) is 12.7. The van der Waals surface area contributed by atoms with Gasteiger partial charge in [-0.05, 0) is 73.6 Å². The molecule has 1 aromatic heterocycles. The van der Waals surface area contributed by atoms with Crippen molar-refractivity contribution in [2.75, 3.05) is 6.54 Å². The molecule has 0 amide bonds. The number of nitrogens with zero attached hydrogens (tertiary/aromatic N) is 3. The van der Waals surface area contributed by atoms with Crippen molar-refractivity contribution in [1.82, 2.24) is 14.7 Å². The Hall–Kier alpha value is -3.19. The Kier molecular flexibility index (Phi) is 7.74. The van der Waals surface area contributed by atoms with E-state index in [0.717, 1.165) is 28.8 Å². The zero-order valence-corrected chi connectivity index (χ0v) is 22.0. The van der Waals surface area contributed by atoms with Gasteiger partial charge in [-0.25, -0.2) is 13.2 Å². The quantitative estimate of drug-likeness (QED) is 0.248. The molecule has 7 heteroatoms. The van der Waals surface area contributed by atoms with Gasteiger partial charge in [-0.3, -0.25) is 14.4 Å². The van der Waals surface area contributed by atoms with E-state index in [-0.39, 0.29) is 23.7 Å². The largest absolute Gasteiger partial charge is 0.299 e. The summed E-state index contributed by atoms with van der Waals surface area (Å²) in [7, 11) is 0. The molecular weight excluding hydrogens is 475 g/mol. The number of allylic oxidation sites excluding steroid dienone is 1. The number of carbonyl (C=O) groups is 1. The maximum atomic E-state index is 15.5. The Balaban J connectivity index is 1.82. The number of aldehydes is 1. The second kappa shape index (κ2) is 10.7. The topological polar surface area (TPSA) is 38.1 Å². The number of fused-ring (bicyclic) bond motifs is 1. The third-order valence-corrected chi connectivity index (χ3v) is 6.67. The van der Waals surface area contributed by atoms with Crippen molar-refractivity contribution < 1.29 is 18.0 Å². The summed E-state index contributed by atoms with van der Waals surface area (Å²) >= 11 is 0. The van der Waals surface area contributed by atoms with Crippen molar-refractivity contribution >= 4 is 12.4 Å². The fourth-order valence-corrected chi connectivity index (χ4v) is 5.20. The van der Waals surface area contributed by atoms with Crippen LogP contribution in [0.5, 0.6) is 0 Å². The SMILES string of the molecule is CC(C)Cn1cc(-c2ccc3c(c2)CC(C)N(CC(C)(C)F)C3c2c(F)cc(/C=C/C=O)cc2F)cn1. The third-order valence-electron chi connectivity index (χ3n) is 6.67. The molecule has 3 aromatic rings. The lowest BCUT2D eigenvalue weighted by molar-refractivity contribution is -0.104. The zero-order chi connectivity index (χ0) is 26.9. The van der Waals surface area contributed by atoms with Gasteiger partial charge in [0.25, 0.3) is 0 Å². The molecule has 2 atom stereocenters. The Morgan fingerprint density at radius 3 is 2.46 bits per heavy atom. The second-order valence-corrected chi connectivity index (χ2v) is 11.0. The van der Waals surface area contributed by atoms with E-state index in [1.54, 1.807) is 0 Å². The van der Waals surface area contributed by atoms with E-state index in [0.29, 0.717) is 18.6 Å². The molecule has 0 bridgehead atoms. The van der Waals surface area contributed by atoms with Gasteiger partial charge in [-0.2, -0.15) is 5.10 Å². The van der Waals surface area contributed by atoms with E-state index < -0.39 is 23.3 Å². The van der Waals surface area contributed by atoms with Gasteiger partial charge in [0.15, 0.2) is 0 Å². The number of halogens is 3. The molecule has 1 aliphatic heterocycles. The van der Waals surface area contributed by atoms with E-state index in [2.05, 4.69) is 25.0 Å². The van der Waals surface area contributed by atoms with Gasteiger partial charge < -0.3 is 0 Å². The number of benzene rings is 2. The van der Waals surface area contributed by atoms with Crippen LogP contribution in [-0.2, 0) is 17.8 Å². The predicted octanol–water partition coefficient (Wildman–Crippen LogP) is 6.78. The zero-order valence-electron chi connectivity index (χ0n) is 22.0. The molecule has 0 radical (unpaired) electrons. The Bertz CT molecular complexity index is 1280. The first-order valence-electron chi connectivity index (χ1n) is 12.7. The number of hydrogen-bond donors (Lipinski definition) is 0. The van der Waals surface area contributed by atoms with E-state index >= 15 is 8.78 Å². The molecule has 2 unspecified atom stereocenters. The minimum absolute atomic E-state index is 0.0215. The van der Waals surface area contributed by atoms with Crippen molar-refractivity contribution in [3.63, 3.8) is 0 Å². The minimum Gasteiger partial charge on any atom is -0.299 e. The smallest absolute Gasteiger partial charge is 0.142 e. The first kappa shape index (κ1) is 26.9. The number of carbonyl (C=O) groups excluding carboxylic acids is 1. The van der Waals surface area contributed by atoms with Crippen molar-refractivity contribution in [3.05, 3.63) is 82.7 Å². The summed E-state index contributed by atoms with van der Waals surface area (Å²) in [4.78, 5) is 12.5. The molecule has 0 saturated carbocycles. The van der Waals surface area contributed by atoms with Crippen LogP contribution in [0.25, 0.3) is 17.2 Å². The molecular formula is C30H34F3N3O. The first-order chi connectivity index (χ1) is 17.5.